The lowest BCUT2D eigenvalue weighted by Crippen LogP contribution is -2.43. The molecule has 0 unspecified atom stereocenters. The molecule has 0 spiro atoms. The Bertz CT molecular complexity index is 994. The van der Waals surface area contributed by atoms with Crippen molar-refractivity contribution in [2.24, 2.45) is 17.8 Å². The molecule has 162 valence electrons. The summed E-state index contributed by atoms with van der Waals surface area (Å²) in [5, 5.41) is 3.23. The monoisotopic (exact) mass is 448 g/mol. The first-order valence-corrected chi connectivity index (χ1v) is 12.8. The average molecular weight is 449 g/mol. The lowest BCUT2D eigenvalue weighted by molar-refractivity contribution is 0.0904. The fraction of sp³-hybridized carbons (Fsp3) is 0.500. The number of ether oxygens (including phenoxy) is 1. The van der Waals surface area contributed by atoms with Crippen LogP contribution >= 0.6 is 11.3 Å². The number of hydrogen-bond acceptors (Lipinski definition) is 5. The standard InChI is InChI=1S/C22H28N2O4S2/c1-2-28-14-6-3-7-18-16-8-9-17(15-16)21(18)23-22(25)19-10-11-20(29-19)30(26,27)24-12-4-5-13-24/h3-6,10-13,16-18,21H,2,7-9,14-15H2,1H3,(H,23,25)/b6-3-/t16-,17+,18-,21-/m0/s1. The second kappa shape index (κ2) is 9.08. The van der Waals surface area contributed by atoms with E-state index in [1.54, 1.807) is 18.2 Å². The number of amides is 1. The van der Waals surface area contributed by atoms with E-state index in [9.17, 15) is 13.2 Å². The molecule has 2 fully saturated rings. The minimum absolute atomic E-state index is 0.152. The van der Waals surface area contributed by atoms with Gasteiger partial charge in [0.15, 0.2) is 0 Å². The quantitative estimate of drug-likeness (QED) is 0.466. The molecule has 2 saturated carbocycles. The predicted octanol–water partition coefficient (Wildman–Crippen LogP) is 3.91. The molecular weight excluding hydrogens is 420 g/mol. The zero-order valence-electron chi connectivity index (χ0n) is 17.1. The number of fused-ring (bicyclic) bond motifs is 2. The van der Waals surface area contributed by atoms with Gasteiger partial charge in [-0.25, -0.2) is 3.97 Å². The highest BCUT2D eigenvalue weighted by Crippen LogP contribution is 2.50. The molecule has 0 radical (unpaired) electrons. The molecule has 2 heterocycles. The summed E-state index contributed by atoms with van der Waals surface area (Å²) in [6, 6.07) is 6.61. The molecule has 6 nitrogen and oxygen atoms in total. The second-order valence-corrected chi connectivity index (χ2v) is 11.2. The van der Waals surface area contributed by atoms with Gasteiger partial charge in [-0.15, -0.1) is 11.3 Å². The molecule has 0 aliphatic heterocycles. The van der Waals surface area contributed by atoms with Crippen LogP contribution in [0.5, 0.6) is 0 Å². The molecule has 1 amide bonds. The van der Waals surface area contributed by atoms with Gasteiger partial charge in [-0.3, -0.25) is 4.79 Å². The number of nitrogens with one attached hydrogen (secondary N) is 1. The van der Waals surface area contributed by atoms with Crippen molar-refractivity contribution in [2.75, 3.05) is 13.2 Å². The van der Waals surface area contributed by atoms with Crippen LogP contribution in [0.4, 0.5) is 0 Å². The molecular formula is C22H28N2O4S2. The van der Waals surface area contributed by atoms with E-state index in [2.05, 4.69) is 17.5 Å². The minimum atomic E-state index is -3.64. The SMILES string of the molecule is CCOC/C=C\C[C@H]1[C@H]2CC[C@H](C2)[C@@H]1NC(=O)c1ccc(S(=O)(=O)n2cccc2)s1. The summed E-state index contributed by atoms with van der Waals surface area (Å²) in [4.78, 5) is 13.4. The van der Waals surface area contributed by atoms with Crippen molar-refractivity contribution in [2.45, 2.75) is 42.9 Å². The largest absolute Gasteiger partial charge is 0.378 e. The number of carbonyl (C=O) groups excluding carboxylic acids is 1. The molecule has 1 N–H and O–H groups in total. The molecule has 0 saturated heterocycles. The lowest BCUT2D eigenvalue weighted by Gasteiger charge is -2.31. The van der Waals surface area contributed by atoms with Gasteiger partial charge in [0.1, 0.15) is 4.21 Å². The van der Waals surface area contributed by atoms with Gasteiger partial charge in [0.2, 0.25) is 0 Å². The van der Waals surface area contributed by atoms with Crippen LogP contribution in [-0.2, 0) is 14.8 Å². The summed E-state index contributed by atoms with van der Waals surface area (Å²) in [7, 11) is -3.64. The summed E-state index contributed by atoms with van der Waals surface area (Å²) < 4.78 is 32.0. The van der Waals surface area contributed by atoms with Crippen LogP contribution < -0.4 is 5.32 Å². The minimum Gasteiger partial charge on any atom is -0.378 e. The van der Waals surface area contributed by atoms with Crippen molar-refractivity contribution in [3.63, 3.8) is 0 Å². The Morgan fingerprint density at radius 2 is 2.00 bits per heavy atom. The molecule has 4 atom stereocenters. The Balaban J connectivity index is 1.43. The maximum absolute atomic E-state index is 12.9. The Kier molecular flexibility index (Phi) is 6.46. The number of carbonyl (C=O) groups is 1. The molecule has 4 rings (SSSR count). The van der Waals surface area contributed by atoms with Crippen molar-refractivity contribution in [3.8, 4) is 0 Å². The highest BCUT2D eigenvalue weighted by molar-refractivity contribution is 7.92. The van der Waals surface area contributed by atoms with E-state index in [1.807, 2.05) is 6.92 Å². The third kappa shape index (κ3) is 4.26. The van der Waals surface area contributed by atoms with Gasteiger partial charge < -0.3 is 10.1 Å². The van der Waals surface area contributed by atoms with Gasteiger partial charge in [0.05, 0.1) is 11.5 Å². The van der Waals surface area contributed by atoms with E-state index in [0.717, 1.165) is 24.2 Å². The molecule has 2 bridgehead atoms. The van der Waals surface area contributed by atoms with E-state index in [4.69, 9.17) is 4.74 Å². The fourth-order valence-corrected chi connectivity index (χ4v) is 7.37. The Morgan fingerprint density at radius 1 is 1.23 bits per heavy atom. The Morgan fingerprint density at radius 3 is 2.77 bits per heavy atom. The van der Waals surface area contributed by atoms with Gasteiger partial charge in [-0.2, -0.15) is 8.42 Å². The number of nitrogens with zero attached hydrogens (tertiary/aromatic N) is 1. The van der Waals surface area contributed by atoms with Crippen LogP contribution in [0.2, 0.25) is 0 Å². The van der Waals surface area contributed by atoms with Gasteiger partial charge in [-0.05, 0) is 74.6 Å². The molecule has 2 aliphatic rings. The molecule has 30 heavy (non-hydrogen) atoms. The van der Waals surface area contributed by atoms with E-state index in [1.165, 1.54) is 35.3 Å². The maximum Gasteiger partial charge on any atom is 0.277 e. The number of rotatable bonds is 9. The summed E-state index contributed by atoms with van der Waals surface area (Å²) >= 11 is 1.03. The number of allylic oxidation sites excluding steroid dienone is 1. The molecule has 2 aliphatic carbocycles. The Labute approximate surface area is 182 Å². The first kappa shape index (κ1) is 21.3. The average Bonchev–Trinajstić information content (AvgIpc) is 3.53. The van der Waals surface area contributed by atoms with Gasteiger partial charge in [0, 0.05) is 25.0 Å². The van der Waals surface area contributed by atoms with Crippen molar-refractivity contribution in [3.05, 3.63) is 53.7 Å². The highest BCUT2D eigenvalue weighted by atomic mass is 32.2. The second-order valence-electron chi connectivity index (χ2n) is 8.00. The maximum atomic E-state index is 12.9. The van der Waals surface area contributed by atoms with Crippen LogP contribution in [0.1, 0.15) is 42.3 Å². The van der Waals surface area contributed by atoms with Crippen LogP contribution in [0.25, 0.3) is 0 Å². The van der Waals surface area contributed by atoms with E-state index < -0.39 is 10.0 Å². The Hall–Kier alpha value is -1.90. The third-order valence-corrected chi connectivity index (χ3v) is 9.50. The van der Waals surface area contributed by atoms with Gasteiger partial charge in [0.25, 0.3) is 15.9 Å². The normalized spacial score (nSPS) is 25.9. The number of hydrogen-bond donors (Lipinski definition) is 1. The zero-order chi connectivity index (χ0) is 21.1. The number of aromatic nitrogens is 1. The third-order valence-electron chi connectivity index (χ3n) is 6.29. The van der Waals surface area contributed by atoms with Crippen LogP contribution in [0.15, 0.2) is 53.0 Å². The smallest absolute Gasteiger partial charge is 0.277 e. The predicted molar refractivity (Wildman–Crippen MR) is 117 cm³/mol. The summed E-state index contributed by atoms with van der Waals surface area (Å²) in [5.74, 6) is 1.45. The van der Waals surface area contributed by atoms with Gasteiger partial charge in [-0.1, -0.05) is 12.2 Å². The lowest BCUT2D eigenvalue weighted by atomic mass is 9.82. The van der Waals surface area contributed by atoms with E-state index in [0.29, 0.717) is 35.8 Å². The van der Waals surface area contributed by atoms with Crippen LogP contribution in [0, 0.1) is 17.8 Å². The first-order chi connectivity index (χ1) is 14.5. The van der Waals surface area contributed by atoms with Crippen molar-refractivity contribution >= 4 is 27.3 Å². The van der Waals surface area contributed by atoms with Crippen LogP contribution in [0.3, 0.4) is 0 Å². The summed E-state index contributed by atoms with van der Waals surface area (Å²) in [6.07, 6.45) is 11.7. The van der Waals surface area contributed by atoms with Gasteiger partial charge >= 0.3 is 0 Å². The van der Waals surface area contributed by atoms with Crippen LogP contribution in [-0.4, -0.2) is 37.6 Å². The molecule has 0 aromatic carbocycles. The van der Waals surface area contributed by atoms with E-state index >= 15 is 0 Å². The number of thiophene rings is 1. The molecule has 2 aromatic rings. The van der Waals surface area contributed by atoms with Crippen molar-refractivity contribution in [1.29, 1.82) is 0 Å². The zero-order valence-corrected chi connectivity index (χ0v) is 18.7. The topological polar surface area (TPSA) is 77.4 Å². The first-order valence-electron chi connectivity index (χ1n) is 10.5. The van der Waals surface area contributed by atoms with E-state index in [-0.39, 0.29) is 16.2 Å². The summed E-state index contributed by atoms with van der Waals surface area (Å²) in [5.41, 5.74) is 0. The van der Waals surface area contributed by atoms with Crippen molar-refractivity contribution in [1.82, 2.24) is 9.29 Å². The summed E-state index contributed by atoms with van der Waals surface area (Å²) in [6.45, 7) is 3.32. The van der Waals surface area contributed by atoms with Crippen molar-refractivity contribution < 1.29 is 17.9 Å². The fourth-order valence-electron chi connectivity index (χ4n) is 4.87. The highest BCUT2D eigenvalue weighted by Gasteiger charge is 2.47. The molecule has 2 aromatic heterocycles. The molecule has 8 heteroatoms.